The molecular weight excluding hydrogens is 436 g/mol. The predicted molar refractivity (Wildman–Crippen MR) is 105 cm³/mol. The van der Waals surface area contributed by atoms with Gasteiger partial charge in [-0.3, -0.25) is 4.79 Å². The smallest absolute Gasteiger partial charge is 0.239 e. The number of nitrogens with one attached hydrogen (secondary N) is 1. The molecule has 0 bridgehead atoms. The summed E-state index contributed by atoms with van der Waals surface area (Å²) in [5.41, 5.74) is 1.30. The van der Waals surface area contributed by atoms with Crippen molar-refractivity contribution in [2.24, 2.45) is 0 Å². The second-order valence-electron chi connectivity index (χ2n) is 6.06. The summed E-state index contributed by atoms with van der Waals surface area (Å²) in [7, 11) is -3.56. The number of carbonyl (C=O) groups is 1. The average Bonchev–Trinajstić information content (AvgIpc) is 2.62. The lowest BCUT2D eigenvalue weighted by Gasteiger charge is -2.21. The van der Waals surface area contributed by atoms with Crippen LogP contribution in [0.25, 0.3) is 0 Å². The first-order valence-corrected chi connectivity index (χ1v) is 10.8. The zero-order valence-electron chi connectivity index (χ0n) is 14.6. The van der Waals surface area contributed by atoms with Crippen molar-refractivity contribution in [3.05, 3.63) is 52.5 Å². The fraction of sp³-hybridized carbons (Fsp3) is 0.278. The molecule has 3 rings (SSSR count). The fourth-order valence-corrected chi connectivity index (χ4v) is 3.57. The van der Waals surface area contributed by atoms with E-state index in [1.54, 1.807) is 30.3 Å². The van der Waals surface area contributed by atoms with E-state index in [-0.39, 0.29) is 13.1 Å². The number of rotatable bonds is 6. The third-order valence-electron chi connectivity index (χ3n) is 3.89. The Bertz CT molecular complexity index is 931. The van der Waals surface area contributed by atoms with Crippen LogP contribution in [-0.2, 0) is 21.4 Å². The van der Waals surface area contributed by atoms with Gasteiger partial charge in [0.05, 0.1) is 12.8 Å². The lowest BCUT2D eigenvalue weighted by atomic mass is 10.2. The van der Waals surface area contributed by atoms with Gasteiger partial charge in [-0.05, 0) is 29.8 Å². The number of hydrogen-bond donors (Lipinski definition) is 1. The molecule has 0 aliphatic carbocycles. The Morgan fingerprint density at radius 3 is 2.44 bits per heavy atom. The molecule has 0 saturated heterocycles. The van der Waals surface area contributed by atoms with E-state index in [2.05, 4.69) is 21.2 Å². The molecule has 0 radical (unpaired) electrons. The van der Waals surface area contributed by atoms with Gasteiger partial charge in [0.25, 0.3) is 0 Å². The van der Waals surface area contributed by atoms with E-state index >= 15 is 0 Å². The number of benzene rings is 2. The summed E-state index contributed by atoms with van der Waals surface area (Å²) in [5, 5.41) is 2.70. The quantitative estimate of drug-likeness (QED) is 0.724. The standard InChI is InChI=1S/C18H19BrN2O5S/c1-27(23,24)21(11-13-2-4-14(19)5-3-13)12-18(22)20-15-6-7-16-17(10-15)26-9-8-25-16/h2-7,10H,8-9,11-12H2,1H3,(H,20,22). The molecule has 1 aliphatic heterocycles. The Kier molecular flexibility index (Phi) is 6.03. The summed E-state index contributed by atoms with van der Waals surface area (Å²) in [5.74, 6) is 0.732. The minimum atomic E-state index is -3.56. The molecule has 1 N–H and O–H groups in total. The average molecular weight is 455 g/mol. The van der Waals surface area contributed by atoms with Crippen LogP contribution in [0.3, 0.4) is 0 Å². The molecule has 0 unspecified atom stereocenters. The van der Waals surface area contributed by atoms with Crippen molar-refractivity contribution in [2.45, 2.75) is 6.54 Å². The van der Waals surface area contributed by atoms with E-state index < -0.39 is 15.9 Å². The van der Waals surface area contributed by atoms with Crippen LogP contribution in [0, 0.1) is 0 Å². The van der Waals surface area contributed by atoms with Crippen LogP contribution in [0.2, 0.25) is 0 Å². The van der Waals surface area contributed by atoms with Gasteiger partial charge in [-0.2, -0.15) is 4.31 Å². The molecule has 9 heteroatoms. The molecule has 2 aromatic carbocycles. The summed E-state index contributed by atoms with van der Waals surface area (Å²) in [4.78, 5) is 12.4. The monoisotopic (exact) mass is 454 g/mol. The van der Waals surface area contributed by atoms with Gasteiger partial charge in [-0.25, -0.2) is 8.42 Å². The maximum atomic E-state index is 12.4. The van der Waals surface area contributed by atoms with Crippen LogP contribution in [0.15, 0.2) is 46.9 Å². The van der Waals surface area contributed by atoms with Gasteiger partial charge in [0, 0.05) is 22.8 Å². The number of sulfonamides is 1. The minimum absolute atomic E-state index is 0.112. The third-order valence-corrected chi connectivity index (χ3v) is 5.61. The fourth-order valence-electron chi connectivity index (χ4n) is 2.57. The second-order valence-corrected chi connectivity index (χ2v) is 8.96. The normalized spacial score (nSPS) is 13.4. The SMILES string of the molecule is CS(=O)(=O)N(CC(=O)Nc1ccc2c(c1)OCCO2)Cc1ccc(Br)cc1. The first kappa shape index (κ1) is 19.7. The van der Waals surface area contributed by atoms with E-state index in [0.29, 0.717) is 30.4 Å². The van der Waals surface area contributed by atoms with Crippen molar-refractivity contribution in [1.82, 2.24) is 4.31 Å². The number of nitrogens with zero attached hydrogens (tertiary/aromatic N) is 1. The molecule has 0 saturated carbocycles. The second kappa shape index (κ2) is 8.28. The molecule has 2 aromatic rings. The van der Waals surface area contributed by atoms with E-state index in [1.807, 2.05) is 12.1 Å². The summed E-state index contributed by atoms with van der Waals surface area (Å²) in [6.45, 7) is 0.752. The molecule has 1 heterocycles. The van der Waals surface area contributed by atoms with Crippen molar-refractivity contribution in [3.8, 4) is 11.5 Å². The zero-order chi connectivity index (χ0) is 19.4. The number of fused-ring (bicyclic) bond motifs is 1. The Morgan fingerprint density at radius 2 is 1.78 bits per heavy atom. The highest BCUT2D eigenvalue weighted by atomic mass is 79.9. The van der Waals surface area contributed by atoms with Crippen molar-refractivity contribution in [2.75, 3.05) is 31.3 Å². The molecule has 0 spiro atoms. The van der Waals surface area contributed by atoms with E-state index in [9.17, 15) is 13.2 Å². The van der Waals surface area contributed by atoms with Crippen molar-refractivity contribution in [1.29, 1.82) is 0 Å². The summed E-state index contributed by atoms with van der Waals surface area (Å²) < 4.78 is 37.1. The Morgan fingerprint density at radius 1 is 1.11 bits per heavy atom. The summed E-state index contributed by atoms with van der Waals surface area (Å²) >= 11 is 3.34. The van der Waals surface area contributed by atoms with Crippen LogP contribution in [-0.4, -0.2) is 44.6 Å². The lowest BCUT2D eigenvalue weighted by Crippen LogP contribution is -2.36. The van der Waals surface area contributed by atoms with Crippen LogP contribution in [0.5, 0.6) is 11.5 Å². The predicted octanol–water partition coefficient (Wildman–Crippen LogP) is 2.62. The lowest BCUT2D eigenvalue weighted by molar-refractivity contribution is -0.116. The van der Waals surface area contributed by atoms with Gasteiger partial charge >= 0.3 is 0 Å². The minimum Gasteiger partial charge on any atom is -0.486 e. The highest BCUT2D eigenvalue weighted by Gasteiger charge is 2.21. The van der Waals surface area contributed by atoms with E-state index in [4.69, 9.17) is 9.47 Å². The number of hydrogen-bond acceptors (Lipinski definition) is 5. The molecule has 0 aromatic heterocycles. The van der Waals surface area contributed by atoms with Crippen LogP contribution in [0.4, 0.5) is 5.69 Å². The number of ether oxygens (including phenoxy) is 2. The number of halogens is 1. The maximum absolute atomic E-state index is 12.4. The van der Waals surface area contributed by atoms with E-state index in [0.717, 1.165) is 20.6 Å². The van der Waals surface area contributed by atoms with Crippen molar-refractivity contribution in [3.63, 3.8) is 0 Å². The van der Waals surface area contributed by atoms with Gasteiger partial charge in [0.15, 0.2) is 11.5 Å². The summed E-state index contributed by atoms with van der Waals surface area (Å²) in [6, 6.07) is 12.3. The highest BCUT2D eigenvalue weighted by Crippen LogP contribution is 2.32. The number of carbonyl (C=O) groups excluding carboxylic acids is 1. The molecule has 0 fully saturated rings. The molecule has 144 valence electrons. The first-order chi connectivity index (χ1) is 12.8. The molecule has 1 aliphatic rings. The Balaban J connectivity index is 1.68. The first-order valence-electron chi connectivity index (χ1n) is 8.20. The van der Waals surface area contributed by atoms with Crippen molar-refractivity contribution >= 4 is 37.5 Å². The van der Waals surface area contributed by atoms with Gasteiger partial charge in [-0.1, -0.05) is 28.1 Å². The Labute approximate surface area is 166 Å². The summed E-state index contributed by atoms with van der Waals surface area (Å²) in [6.07, 6.45) is 1.09. The topological polar surface area (TPSA) is 84.9 Å². The largest absolute Gasteiger partial charge is 0.486 e. The van der Waals surface area contributed by atoms with Gasteiger partial charge in [-0.15, -0.1) is 0 Å². The van der Waals surface area contributed by atoms with Crippen LogP contribution < -0.4 is 14.8 Å². The molecule has 0 atom stereocenters. The Hall–Kier alpha value is -2.10. The molecule has 1 amide bonds. The van der Waals surface area contributed by atoms with Gasteiger partial charge in [0.2, 0.25) is 15.9 Å². The molecular formula is C18H19BrN2O5S. The number of anilines is 1. The molecule has 27 heavy (non-hydrogen) atoms. The van der Waals surface area contributed by atoms with Gasteiger partial charge < -0.3 is 14.8 Å². The molecule has 7 nitrogen and oxygen atoms in total. The zero-order valence-corrected chi connectivity index (χ0v) is 17.0. The number of amides is 1. The highest BCUT2D eigenvalue weighted by molar-refractivity contribution is 9.10. The van der Waals surface area contributed by atoms with Crippen LogP contribution >= 0.6 is 15.9 Å². The third kappa shape index (κ3) is 5.44. The van der Waals surface area contributed by atoms with Crippen LogP contribution in [0.1, 0.15) is 5.56 Å². The van der Waals surface area contributed by atoms with Gasteiger partial charge in [0.1, 0.15) is 13.2 Å². The maximum Gasteiger partial charge on any atom is 0.239 e. The van der Waals surface area contributed by atoms with E-state index in [1.165, 1.54) is 0 Å². The van der Waals surface area contributed by atoms with Crippen molar-refractivity contribution < 1.29 is 22.7 Å².